The second-order valence-corrected chi connectivity index (χ2v) is 14.9. The van der Waals surface area contributed by atoms with E-state index in [1.807, 2.05) is 36.4 Å². The van der Waals surface area contributed by atoms with E-state index in [1.165, 1.54) is 108 Å². The Morgan fingerprint density at radius 3 is 1.47 bits per heavy atom. The van der Waals surface area contributed by atoms with Gasteiger partial charge in [-0.1, -0.05) is 69.5 Å². The summed E-state index contributed by atoms with van der Waals surface area (Å²) in [4.78, 5) is 10.9. The van der Waals surface area contributed by atoms with Gasteiger partial charge >= 0.3 is 0 Å². The maximum absolute atomic E-state index is 10.9. The molecule has 2 spiro atoms. The Labute approximate surface area is 281 Å². The zero-order valence-electron chi connectivity index (χ0n) is 27.4. The number of carbonyl (C=O) groups excluding carboxylic acids is 1. The first-order valence-corrected chi connectivity index (χ1v) is 18.0. The van der Waals surface area contributed by atoms with Crippen molar-refractivity contribution >= 4 is 27.8 Å². The molecule has 0 amide bonds. The van der Waals surface area contributed by atoms with E-state index in [-0.39, 0.29) is 14.0 Å². The lowest BCUT2D eigenvalue weighted by atomic mass is 9.72. The summed E-state index contributed by atoms with van der Waals surface area (Å²) in [7, 11) is 0. The number of hydrogen-bond donors (Lipinski definition) is 1. The summed E-state index contributed by atoms with van der Waals surface area (Å²) in [6, 6.07) is 24.4. The van der Waals surface area contributed by atoms with Gasteiger partial charge in [0.1, 0.15) is 17.8 Å². The van der Waals surface area contributed by atoms with E-state index in [4.69, 9.17) is 9.47 Å². The van der Waals surface area contributed by atoms with E-state index >= 15 is 0 Å². The number of rotatable bonds is 6. The average molecular weight is 635 g/mol. The highest BCUT2D eigenvalue weighted by molar-refractivity contribution is 5.89. The van der Waals surface area contributed by atoms with Crippen molar-refractivity contribution in [2.45, 2.75) is 129 Å². The molecule has 0 aliphatic heterocycles. The molecule has 4 aromatic rings. The van der Waals surface area contributed by atoms with Crippen LogP contribution in [0, 0.1) is 10.8 Å². The van der Waals surface area contributed by atoms with E-state index in [0.29, 0.717) is 23.0 Å². The summed E-state index contributed by atoms with van der Waals surface area (Å²) in [5, 5.41) is 13.8. The molecule has 4 saturated carbocycles. The maximum atomic E-state index is 10.9. The lowest BCUT2D eigenvalue weighted by Gasteiger charge is -2.37. The molecular weight excluding hydrogens is 580 g/mol. The summed E-state index contributed by atoms with van der Waals surface area (Å²) in [6.07, 6.45) is 23.4. The van der Waals surface area contributed by atoms with Crippen molar-refractivity contribution in [3.05, 3.63) is 83.9 Å². The molecule has 0 bridgehead atoms. The Morgan fingerprint density at radius 2 is 1.00 bits per heavy atom. The third-order valence-corrected chi connectivity index (χ3v) is 12.0. The van der Waals surface area contributed by atoms with Crippen molar-refractivity contribution in [3.8, 4) is 11.5 Å². The molecule has 8 rings (SSSR count). The largest absolute Gasteiger partial charge is 0.490 e. The molecule has 0 atom stereocenters. The van der Waals surface area contributed by atoms with E-state index < -0.39 is 0 Å². The zero-order valence-corrected chi connectivity index (χ0v) is 27.4. The third-order valence-electron chi connectivity index (χ3n) is 12.0. The molecule has 0 heterocycles. The predicted octanol–water partition coefficient (Wildman–Crippen LogP) is 11.4. The van der Waals surface area contributed by atoms with Crippen LogP contribution in [-0.4, -0.2) is 23.6 Å². The molecule has 0 unspecified atom stereocenters. The summed E-state index contributed by atoms with van der Waals surface area (Å²) < 4.78 is 12.5. The topological polar surface area (TPSA) is 55.8 Å². The Balaban J connectivity index is 0.000000161. The van der Waals surface area contributed by atoms with Gasteiger partial charge in [0, 0.05) is 5.56 Å². The minimum Gasteiger partial charge on any atom is -0.490 e. The molecule has 0 saturated heterocycles. The first kappa shape index (κ1) is 33.5. The van der Waals surface area contributed by atoms with Crippen LogP contribution >= 0.6 is 0 Å². The van der Waals surface area contributed by atoms with Crippen molar-refractivity contribution in [2.75, 3.05) is 0 Å². The van der Waals surface area contributed by atoms with Crippen LogP contribution in [0.25, 0.3) is 21.5 Å². The highest BCUT2D eigenvalue weighted by Crippen LogP contribution is 2.50. The van der Waals surface area contributed by atoms with Crippen LogP contribution < -0.4 is 9.47 Å². The van der Waals surface area contributed by atoms with Gasteiger partial charge in [0.05, 0.1) is 18.8 Å². The van der Waals surface area contributed by atoms with Crippen molar-refractivity contribution in [2.24, 2.45) is 10.8 Å². The highest BCUT2D eigenvalue weighted by Gasteiger charge is 2.39. The van der Waals surface area contributed by atoms with Gasteiger partial charge in [0.2, 0.25) is 0 Å². The van der Waals surface area contributed by atoms with Gasteiger partial charge in [-0.25, -0.2) is 0 Å². The van der Waals surface area contributed by atoms with Gasteiger partial charge in [-0.05, 0) is 151 Å². The highest BCUT2D eigenvalue weighted by atomic mass is 16.5. The Morgan fingerprint density at radius 1 is 0.574 bits per heavy atom. The van der Waals surface area contributed by atoms with Crippen molar-refractivity contribution in [1.29, 1.82) is 0 Å². The number of aldehydes is 1. The third kappa shape index (κ3) is 7.86. The maximum Gasteiger partial charge on any atom is 0.150 e. The van der Waals surface area contributed by atoms with Crippen LogP contribution in [0.4, 0.5) is 0 Å². The van der Waals surface area contributed by atoms with Crippen LogP contribution in [0.1, 0.15) is 126 Å². The number of aliphatic hydroxyl groups is 1. The number of ether oxygens (including phenoxy) is 2. The quantitative estimate of drug-likeness (QED) is 0.214. The molecule has 250 valence electrons. The molecule has 4 aromatic carbocycles. The fraction of sp³-hybridized carbons (Fsp3) is 0.512. The van der Waals surface area contributed by atoms with Crippen molar-refractivity contribution < 1.29 is 19.4 Å². The smallest absolute Gasteiger partial charge is 0.150 e. The van der Waals surface area contributed by atoms with Crippen LogP contribution in [0.15, 0.2) is 72.8 Å². The van der Waals surface area contributed by atoms with Gasteiger partial charge in [-0.15, -0.1) is 0 Å². The summed E-state index contributed by atoms with van der Waals surface area (Å²) in [5.41, 5.74) is 3.01. The zero-order chi connectivity index (χ0) is 31.4. The minimum atomic E-state index is 0. The molecule has 4 heteroatoms. The predicted molar refractivity (Wildman–Crippen MR) is 194 cm³/mol. The average Bonchev–Trinajstić information content (AvgIpc) is 3.77. The van der Waals surface area contributed by atoms with E-state index in [1.54, 1.807) is 0 Å². The van der Waals surface area contributed by atoms with Gasteiger partial charge in [0.25, 0.3) is 0 Å². The molecule has 0 aromatic heterocycles. The normalized spacial score (nSPS) is 21.7. The Kier molecular flexibility index (Phi) is 10.6. The first-order valence-electron chi connectivity index (χ1n) is 18.0. The molecule has 4 aliphatic carbocycles. The number of hydrogen-bond acceptors (Lipinski definition) is 4. The van der Waals surface area contributed by atoms with Crippen LogP contribution in [-0.2, 0) is 6.61 Å². The molecule has 47 heavy (non-hydrogen) atoms. The Bertz CT molecular complexity index is 1620. The second-order valence-electron chi connectivity index (χ2n) is 14.9. The SMILES string of the molecule is C.O=Cc1ccc2cc(OC3CCC4(CCCC4)CC3)ccc2c1.OCc1ccc2cc(OC3CCC4(CCCC4)CC3)ccc2c1. The molecule has 4 nitrogen and oxygen atoms in total. The monoisotopic (exact) mass is 634 g/mol. The molecule has 4 aliphatic rings. The van der Waals surface area contributed by atoms with Crippen LogP contribution in [0.5, 0.6) is 11.5 Å². The number of carbonyl (C=O) groups is 1. The molecule has 1 N–H and O–H groups in total. The fourth-order valence-electron chi connectivity index (χ4n) is 9.11. The van der Waals surface area contributed by atoms with E-state index in [9.17, 15) is 9.90 Å². The summed E-state index contributed by atoms with van der Waals surface area (Å²) in [5.74, 6) is 1.95. The van der Waals surface area contributed by atoms with Crippen molar-refractivity contribution in [1.82, 2.24) is 0 Å². The van der Waals surface area contributed by atoms with Gasteiger partial charge in [0.15, 0.2) is 0 Å². The summed E-state index contributed by atoms with van der Waals surface area (Å²) in [6.45, 7) is 0.0953. The molecule has 0 radical (unpaired) electrons. The summed E-state index contributed by atoms with van der Waals surface area (Å²) >= 11 is 0. The molecule has 4 fully saturated rings. The van der Waals surface area contributed by atoms with Gasteiger partial charge < -0.3 is 14.6 Å². The fourth-order valence-corrected chi connectivity index (χ4v) is 9.11. The lowest BCUT2D eigenvalue weighted by molar-refractivity contribution is 0.0825. The number of fused-ring (bicyclic) bond motifs is 2. The first-order chi connectivity index (χ1) is 22.5. The lowest BCUT2D eigenvalue weighted by Crippen LogP contribution is -2.30. The van der Waals surface area contributed by atoms with E-state index in [2.05, 4.69) is 36.4 Å². The number of aliphatic hydroxyl groups excluding tert-OH is 1. The van der Waals surface area contributed by atoms with E-state index in [0.717, 1.165) is 45.1 Å². The van der Waals surface area contributed by atoms with Crippen LogP contribution in [0.2, 0.25) is 0 Å². The standard InChI is InChI=1S/C21H26O2.C21H24O2.CH4/c2*22-15-16-3-4-18-14-20(6-5-17(18)13-16)23-19-7-11-21(12-8-19)9-1-2-10-21;/h3-6,13-14,19,22H,1-2,7-12,15H2;3-6,13-15,19H,1-2,7-12H2;1H4. The van der Waals surface area contributed by atoms with Gasteiger partial charge in [-0.3, -0.25) is 4.79 Å². The molecular formula is C43H54O4. The minimum absolute atomic E-state index is 0. The van der Waals surface area contributed by atoms with Crippen molar-refractivity contribution in [3.63, 3.8) is 0 Å². The Hall–Kier alpha value is -3.37. The van der Waals surface area contributed by atoms with Crippen LogP contribution in [0.3, 0.4) is 0 Å². The number of benzene rings is 4. The second kappa shape index (κ2) is 14.8. The van der Waals surface area contributed by atoms with Gasteiger partial charge in [-0.2, -0.15) is 0 Å².